The largest absolute Gasteiger partial charge is 0.494 e. The second-order valence-electron chi connectivity index (χ2n) is 4.60. The third kappa shape index (κ3) is 3.84. The van der Waals surface area contributed by atoms with Gasteiger partial charge in [0.1, 0.15) is 17.4 Å². The van der Waals surface area contributed by atoms with E-state index in [0.29, 0.717) is 5.56 Å². The van der Waals surface area contributed by atoms with Gasteiger partial charge in [0.05, 0.1) is 7.11 Å². The van der Waals surface area contributed by atoms with Crippen LogP contribution in [-0.4, -0.2) is 12.9 Å². The highest BCUT2D eigenvalue weighted by atomic mass is 19.1. The first kappa shape index (κ1) is 15.1. The maximum Gasteiger partial charge on any atom is 0.165 e. The van der Waals surface area contributed by atoms with Gasteiger partial charge in [0.2, 0.25) is 0 Å². The van der Waals surface area contributed by atoms with Crippen LogP contribution in [0.2, 0.25) is 0 Å². The molecule has 0 amide bonds. The van der Waals surface area contributed by atoms with Crippen molar-refractivity contribution in [2.24, 2.45) is 0 Å². The van der Waals surface area contributed by atoms with Crippen LogP contribution in [0, 0.1) is 17.5 Å². The van der Waals surface area contributed by atoms with Crippen molar-refractivity contribution >= 4 is 5.78 Å². The van der Waals surface area contributed by atoms with E-state index in [2.05, 4.69) is 0 Å². The number of ether oxygens (including phenoxy) is 1. The molecule has 0 aliphatic rings. The van der Waals surface area contributed by atoms with Crippen molar-refractivity contribution in [1.82, 2.24) is 0 Å². The lowest BCUT2D eigenvalue weighted by atomic mass is 10.0. The molecule has 0 saturated carbocycles. The summed E-state index contributed by atoms with van der Waals surface area (Å²) in [5.41, 5.74) is 0.594. The van der Waals surface area contributed by atoms with Crippen molar-refractivity contribution in [3.63, 3.8) is 0 Å². The molecular formula is C16H13F3O2. The Labute approximate surface area is 120 Å². The molecule has 0 spiro atoms. The van der Waals surface area contributed by atoms with Gasteiger partial charge in [-0.15, -0.1) is 0 Å². The van der Waals surface area contributed by atoms with Gasteiger partial charge in [0.15, 0.2) is 11.6 Å². The third-order valence-corrected chi connectivity index (χ3v) is 3.02. The van der Waals surface area contributed by atoms with Gasteiger partial charge >= 0.3 is 0 Å². The number of hydrogen-bond donors (Lipinski definition) is 0. The summed E-state index contributed by atoms with van der Waals surface area (Å²) in [5.74, 6) is -2.21. The topological polar surface area (TPSA) is 26.3 Å². The molecule has 5 heteroatoms. The van der Waals surface area contributed by atoms with E-state index >= 15 is 0 Å². The zero-order valence-corrected chi connectivity index (χ0v) is 11.3. The van der Waals surface area contributed by atoms with E-state index in [9.17, 15) is 18.0 Å². The molecule has 0 radical (unpaired) electrons. The molecule has 2 aromatic carbocycles. The lowest BCUT2D eigenvalue weighted by Gasteiger charge is -2.06. The summed E-state index contributed by atoms with van der Waals surface area (Å²) in [4.78, 5) is 11.9. The molecule has 0 aromatic heterocycles. The zero-order valence-electron chi connectivity index (χ0n) is 11.3. The van der Waals surface area contributed by atoms with Crippen LogP contribution in [0.4, 0.5) is 13.2 Å². The minimum atomic E-state index is -0.760. The molecule has 0 unspecified atom stereocenters. The fourth-order valence-corrected chi connectivity index (χ4v) is 1.99. The van der Waals surface area contributed by atoms with Crippen molar-refractivity contribution in [2.45, 2.75) is 12.8 Å². The van der Waals surface area contributed by atoms with Gasteiger partial charge in [-0.1, -0.05) is 12.1 Å². The minimum absolute atomic E-state index is 0.0300. The van der Waals surface area contributed by atoms with E-state index in [-0.39, 0.29) is 29.9 Å². The van der Waals surface area contributed by atoms with Crippen molar-refractivity contribution in [1.29, 1.82) is 0 Å². The van der Waals surface area contributed by atoms with Crippen LogP contribution in [0.25, 0.3) is 0 Å². The minimum Gasteiger partial charge on any atom is -0.494 e. The van der Waals surface area contributed by atoms with Crippen molar-refractivity contribution in [2.75, 3.05) is 7.11 Å². The number of rotatable bonds is 5. The van der Waals surface area contributed by atoms with E-state index in [0.717, 1.165) is 12.1 Å². The van der Waals surface area contributed by atoms with Gasteiger partial charge in [0, 0.05) is 18.9 Å². The highest BCUT2D eigenvalue weighted by molar-refractivity contribution is 5.83. The van der Waals surface area contributed by atoms with Crippen LogP contribution in [0.15, 0.2) is 36.4 Å². The Morgan fingerprint density at radius 3 is 2.38 bits per heavy atom. The van der Waals surface area contributed by atoms with Gasteiger partial charge in [-0.25, -0.2) is 13.2 Å². The molecular weight excluding hydrogens is 281 g/mol. The molecule has 0 aliphatic heterocycles. The van der Waals surface area contributed by atoms with Gasteiger partial charge in [-0.2, -0.15) is 0 Å². The number of ketones is 1. The van der Waals surface area contributed by atoms with Gasteiger partial charge in [0.25, 0.3) is 0 Å². The fraction of sp³-hybridized carbons (Fsp3) is 0.188. The summed E-state index contributed by atoms with van der Waals surface area (Å²) in [7, 11) is 1.35. The van der Waals surface area contributed by atoms with Crippen LogP contribution in [0.1, 0.15) is 11.1 Å². The molecule has 0 aliphatic carbocycles. The normalized spacial score (nSPS) is 10.5. The zero-order chi connectivity index (χ0) is 15.4. The maximum atomic E-state index is 13.5. The predicted molar refractivity (Wildman–Crippen MR) is 71.7 cm³/mol. The quantitative estimate of drug-likeness (QED) is 0.844. The Bertz CT molecular complexity index is 669. The average molecular weight is 294 g/mol. The summed E-state index contributed by atoms with van der Waals surface area (Å²) in [6.45, 7) is 0. The number of benzene rings is 2. The second-order valence-corrected chi connectivity index (χ2v) is 4.60. The lowest BCUT2D eigenvalue weighted by Crippen LogP contribution is -2.08. The molecule has 21 heavy (non-hydrogen) atoms. The van der Waals surface area contributed by atoms with Crippen LogP contribution in [0.5, 0.6) is 5.75 Å². The third-order valence-electron chi connectivity index (χ3n) is 3.02. The predicted octanol–water partition coefficient (Wildman–Crippen LogP) is 3.47. The SMILES string of the molecule is COc1ccc(CC(=O)Cc2ccc(F)cc2F)cc1F. The number of methoxy groups -OCH3 is 1. The Morgan fingerprint density at radius 1 is 1.00 bits per heavy atom. The highest BCUT2D eigenvalue weighted by Crippen LogP contribution is 2.19. The summed E-state index contributed by atoms with van der Waals surface area (Å²) in [6, 6.07) is 7.26. The Hall–Kier alpha value is -2.30. The first-order chi connectivity index (χ1) is 9.99. The molecule has 0 bridgehead atoms. The fourth-order valence-electron chi connectivity index (χ4n) is 1.99. The van der Waals surface area contributed by atoms with E-state index in [1.807, 2.05) is 0 Å². The van der Waals surface area contributed by atoms with E-state index in [4.69, 9.17) is 4.74 Å². The van der Waals surface area contributed by atoms with Crippen molar-refractivity contribution in [3.05, 3.63) is 65.0 Å². The molecule has 0 atom stereocenters. The summed E-state index contributed by atoms with van der Waals surface area (Å²) in [6.07, 6.45) is -0.197. The second kappa shape index (κ2) is 6.43. The lowest BCUT2D eigenvalue weighted by molar-refractivity contribution is -0.117. The number of halogens is 3. The molecule has 0 N–H and O–H groups in total. The molecule has 0 heterocycles. The van der Waals surface area contributed by atoms with Crippen LogP contribution in [0.3, 0.4) is 0 Å². The Morgan fingerprint density at radius 2 is 1.76 bits per heavy atom. The summed E-state index contributed by atoms with van der Waals surface area (Å²) >= 11 is 0. The molecule has 110 valence electrons. The smallest absolute Gasteiger partial charge is 0.165 e. The van der Waals surface area contributed by atoms with Crippen LogP contribution in [-0.2, 0) is 17.6 Å². The standard InChI is InChI=1S/C16H13F3O2/c1-21-16-5-2-10(7-15(16)19)6-13(20)8-11-3-4-12(17)9-14(11)18/h2-5,7,9H,6,8H2,1H3. The molecule has 2 aromatic rings. The Balaban J connectivity index is 2.06. The number of carbonyl (C=O) groups excluding carboxylic acids is 1. The summed E-state index contributed by atoms with van der Waals surface area (Å²) in [5, 5.41) is 0. The number of Topliss-reactive ketones (excluding diaryl/α,β-unsaturated/α-hetero) is 1. The highest BCUT2D eigenvalue weighted by Gasteiger charge is 2.11. The van der Waals surface area contributed by atoms with E-state index < -0.39 is 17.5 Å². The first-order valence-corrected chi connectivity index (χ1v) is 6.27. The number of hydrogen-bond acceptors (Lipinski definition) is 2. The Kier molecular flexibility index (Phi) is 4.62. The van der Waals surface area contributed by atoms with Crippen molar-refractivity contribution in [3.8, 4) is 5.75 Å². The monoisotopic (exact) mass is 294 g/mol. The molecule has 2 rings (SSSR count). The van der Waals surface area contributed by atoms with Crippen LogP contribution >= 0.6 is 0 Å². The van der Waals surface area contributed by atoms with E-state index in [1.54, 1.807) is 6.07 Å². The average Bonchev–Trinajstić information content (AvgIpc) is 2.42. The number of carbonyl (C=O) groups is 1. The van der Waals surface area contributed by atoms with Gasteiger partial charge in [-0.05, 0) is 29.3 Å². The van der Waals surface area contributed by atoms with Crippen molar-refractivity contribution < 1.29 is 22.7 Å². The molecule has 0 saturated heterocycles. The summed E-state index contributed by atoms with van der Waals surface area (Å²) < 4.78 is 44.5. The van der Waals surface area contributed by atoms with Crippen LogP contribution < -0.4 is 4.74 Å². The van der Waals surface area contributed by atoms with Gasteiger partial charge in [-0.3, -0.25) is 4.79 Å². The van der Waals surface area contributed by atoms with Gasteiger partial charge < -0.3 is 4.74 Å². The molecule has 0 fully saturated rings. The van der Waals surface area contributed by atoms with E-state index in [1.165, 1.54) is 25.3 Å². The molecule has 2 nitrogen and oxygen atoms in total. The first-order valence-electron chi connectivity index (χ1n) is 6.27. The maximum absolute atomic E-state index is 13.5.